The van der Waals surface area contributed by atoms with Gasteiger partial charge >= 0.3 is 17.1 Å². The Bertz CT molecular complexity index is 1050. The van der Waals surface area contributed by atoms with Crippen LogP contribution in [-0.4, -0.2) is 13.7 Å². The Morgan fingerprint density at radius 2 is 1.41 bits per heavy atom. The van der Waals surface area contributed by atoms with Gasteiger partial charge in [-0.1, -0.05) is 57.9 Å². The Labute approximate surface area is 170 Å². The lowest BCUT2D eigenvalue weighted by molar-refractivity contribution is 0.488. The molecule has 0 spiro atoms. The third-order valence-corrected chi connectivity index (χ3v) is 5.21. The van der Waals surface area contributed by atoms with Crippen LogP contribution in [0.1, 0.15) is 25.0 Å². The quantitative estimate of drug-likeness (QED) is 0.630. The maximum atomic E-state index is 12.9. The van der Waals surface area contributed by atoms with Crippen LogP contribution in [0.3, 0.4) is 0 Å². The molecule has 0 aliphatic heterocycles. The third kappa shape index (κ3) is 4.42. The van der Waals surface area contributed by atoms with Crippen LogP contribution in [0.15, 0.2) is 55.3 Å². The molecule has 0 unspecified atom stereocenters. The molecule has 0 N–H and O–H groups in total. The van der Waals surface area contributed by atoms with E-state index in [0.29, 0.717) is 26.2 Å². The lowest BCUT2D eigenvalue weighted by Crippen LogP contribution is -2.54. The first-order valence-electron chi connectivity index (χ1n) is 8.21. The molecule has 0 amide bonds. The molecule has 0 fully saturated rings. The molecular formula is C19H21BrClN3O3. The zero-order valence-electron chi connectivity index (χ0n) is 15.5. The molecule has 0 saturated heterocycles. The van der Waals surface area contributed by atoms with Crippen LogP contribution >= 0.6 is 27.5 Å². The zero-order chi connectivity index (χ0) is 20.5. The van der Waals surface area contributed by atoms with Gasteiger partial charge in [-0.05, 0) is 32.4 Å². The number of allylic oxidation sites excluding steroid dienone is 2. The maximum Gasteiger partial charge on any atom is 0.336 e. The summed E-state index contributed by atoms with van der Waals surface area (Å²) in [6.07, 6.45) is 0. The van der Waals surface area contributed by atoms with Crippen LogP contribution < -0.4 is 17.1 Å². The summed E-state index contributed by atoms with van der Waals surface area (Å²) in [6.45, 7) is 12.7. The normalized spacial score (nSPS) is 10.9. The van der Waals surface area contributed by atoms with Crippen LogP contribution in [0.25, 0.3) is 0 Å². The number of hydrogen-bond donors (Lipinski definition) is 0. The first-order chi connectivity index (χ1) is 12.5. The Balaban J connectivity index is 2.80. The monoisotopic (exact) mass is 453 g/mol. The number of aromatic nitrogens is 3. The molecule has 144 valence electrons. The van der Waals surface area contributed by atoms with Crippen molar-refractivity contribution in [3.63, 3.8) is 0 Å². The molecule has 6 nitrogen and oxygen atoms in total. The van der Waals surface area contributed by atoms with E-state index in [2.05, 4.69) is 29.1 Å². The minimum atomic E-state index is -0.699. The number of benzene rings is 1. The number of rotatable bonds is 6. The number of aryl methyl sites for hydroxylation is 1. The van der Waals surface area contributed by atoms with Gasteiger partial charge in [0.1, 0.15) is 0 Å². The average Bonchev–Trinajstić information content (AvgIpc) is 2.58. The first-order valence-corrected chi connectivity index (χ1v) is 9.38. The molecule has 8 heteroatoms. The highest BCUT2D eigenvalue weighted by Gasteiger charge is 2.18. The Kier molecular flexibility index (Phi) is 6.49. The van der Waals surface area contributed by atoms with Gasteiger partial charge in [0.2, 0.25) is 0 Å². The minimum Gasteiger partial charge on any atom is -0.247 e. The molecule has 0 bridgehead atoms. The van der Waals surface area contributed by atoms with Crippen molar-refractivity contribution in [2.24, 2.45) is 0 Å². The third-order valence-electron chi connectivity index (χ3n) is 3.94. The van der Waals surface area contributed by atoms with Gasteiger partial charge in [0, 0.05) is 15.1 Å². The van der Waals surface area contributed by atoms with Crippen LogP contribution in [0.5, 0.6) is 0 Å². The minimum absolute atomic E-state index is 0.0247. The highest BCUT2D eigenvalue weighted by Crippen LogP contribution is 2.28. The van der Waals surface area contributed by atoms with Crippen molar-refractivity contribution >= 4 is 27.5 Å². The highest BCUT2D eigenvalue weighted by molar-refractivity contribution is 9.10. The van der Waals surface area contributed by atoms with Gasteiger partial charge in [-0.25, -0.2) is 28.1 Å². The summed E-state index contributed by atoms with van der Waals surface area (Å²) >= 11 is 9.80. The van der Waals surface area contributed by atoms with E-state index in [-0.39, 0.29) is 19.6 Å². The van der Waals surface area contributed by atoms with E-state index in [1.54, 1.807) is 19.9 Å². The molecule has 0 atom stereocenters. The van der Waals surface area contributed by atoms with Crippen molar-refractivity contribution < 1.29 is 0 Å². The van der Waals surface area contributed by atoms with E-state index in [0.717, 1.165) is 19.3 Å². The molecule has 2 rings (SSSR count). The van der Waals surface area contributed by atoms with Gasteiger partial charge in [-0.3, -0.25) is 0 Å². The molecular weight excluding hydrogens is 434 g/mol. The fourth-order valence-electron chi connectivity index (χ4n) is 2.65. The molecule has 1 aromatic heterocycles. The van der Waals surface area contributed by atoms with Crippen molar-refractivity contribution in [1.82, 2.24) is 13.7 Å². The second-order valence-corrected chi connectivity index (χ2v) is 7.91. The van der Waals surface area contributed by atoms with Crippen molar-refractivity contribution in [2.45, 2.75) is 40.4 Å². The van der Waals surface area contributed by atoms with Crippen molar-refractivity contribution in [3.8, 4) is 0 Å². The van der Waals surface area contributed by atoms with Crippen LogP contribution in [-0.2, 0) is 19.6 Å². The fourth-order valence-corrected chi connectivity index (χ4v) is 3.44. The van der Waals surface area contributed by atoms with Crippen LogP contribution in [0.4, 0.5) is 0 Å². The summed E-state index contributed by atoms with van der Waals surface area (Å²) in [6, 6.07) is 3.64. The smallest absolute Gasteiger partial charge is 0.247 e. The molecule has 0 aliphatic rings. The lowest BCUT2D eigenvalue weighted by Gasteiger charge is -2.16. The lowest BCUT2D eigenvalue weighted by atomic mass is 10.1. The number of nitrogens with zero attached hydrogens (tertiary/aromatic N) is 3. The Morgan fingerprint density at radius 1 is 0.963 bits per heavy atom. The number of halogens is 2. The highest BCUT2D eigenvalue weighted by atomic mass is 79.9. The second kappa shape index (κ2) is 8.27. The topological polar surface area (TPSA) is 66.0 Å². The van der Waals surface area contributed by atoms with Crippen LogP contribution in [0, 0.1) is 6.92 Å². The summed E-state index contributed by atoms with van der Waals surface area (Å²) in [4.78, 5) is 38.4. The molecule has 1 aromatic carbocycles. The predicted octanol–water partition coefficient (Wildman–Crippen LogP) is 3.10. The van der Waals surface area contributed by atoms with Crippen LogP contribution in [0.2, 0.25) is 5.02 Å². The van der Waals surface area contributed by atoms with Crippen molar-refractivity contribution in [3.05, 3.63) is 88.5 Å². The summed E-state index contributed by atoms with van der Waals surface area (Å²) in [5.41, 5.74) is 0.582. The molecule has 0 radical (unpaired) electrons. The van der Waals surface area contributed by atoms with E-state index in [1.807, 2.05) is 13.0 Å². The summed E-state index contributed by atoms with van der Waals surface area (Å²) in [5, 5.41) is 0.458. The molecule has 2 aromatic rings. The Morgan fingerprint density at radius 3 is 1.85 bits per heavy atom. The van der Waals surface area contributed by atoms with Gasteiger partial charge in [0.15, 0.2) is 0 Å². The summed E-state index contributed by atoms with van der Waals surface area (Å²) in [5.74, 6) is 0. The zero-order valence-corrected chi connectivity index (χ0v) is 17.9. The van der Waals surface area contributed by atoms with Gasteiger partial charge in [-0.2, -0.15) is 0 Å². The van der Waals surface area contributed by atoms with Gasteiger partial charge in [0.25, 0.3) is 0 Å². The van der Waals surface area contributed by atoms with E-state index in [1.165, 1.54) is 0 Å². The summed E-state index contributed by atoms with van der Waals surface area (Å²) in [7, 11) is 0. The van der Waals surface area contributed by atoms with E-state index in [4.69, 9.17) is 11.6 Å². The van der Waals surface area contributed by atoms with E-state index in [9.17, 15) is 14.4 Å². The first kappa shape index (κ1) is 21.2. The van der Waals surface area contributed by atoms with Gasteiger partial charge in [0.05, 0.1) is 19.6 Å². The fraction of sp³-hybridized carbons (Fsp3) is 0.316. The molecule has 0 aliphatic carbocycles. The van der Waals surface area contributed by atoms with Gasteiger partial charge < -0.3 is 0 Å². The average molecular weight is 455 g/mol. The maximum absolute atomic E-state index is 12.9. The SMILES string of the molecule is C=C(C)Cn1c(=O)n(CC(=C)C)c(=O)n(Cc2c(Br)ccc(C)c2Cl)c1=O. The van der Waals surface area contributed by atoms with E-state index >= 15 is 0 Å². The standard InChI is InChI=1S/C19H21BrClN3O3/c1-11(2)8-22-17(25)23(9-12(3)4)19(27)24(18(22)26)10-14-15(20)7-6-13(5)16(14)21/h6-7H,1,3,8-10H2,2,4-5H3. The molecule has 1 heterocycles. The number of hydrogen-bond acceptors (Lipinski definition) is 3. The second-order valence-electron chi connectivity index (χ2n) is 6.68. The Hall–Kier alpha value is -2.12. The van der Waals surface area contributed by atoms with E-state index < -0.39 is 17.1 Å². The molecule has 27 heavy (non-hydrogen) atoms. The molecule has 0 saturated carbocycles. The van der Waals surface area contributed by atoms with Gasteiger partial charge in [-0.15, -0.1) is 0 Å². The summed E-state index contributed by atoms with van der Waals surface area (Å²) < 4.78 is 3.70. The largest absolute Gasteiger partial charge is 0.336 e. The van der Waals surface area contributed by atoms with Crippen molar-refractivity contribution in [2.75, 3.05) is 0 Å². The predicted molar refractivity (Wildman–Crippen MR) is 112 cm³/mol. The van der Waals surface area contributed by atoms with Crippen molar-refractivity contribution in [1.29, 1.82) is 0 Å².